The minimum atomic E-state index is -0.955. The molecular weight excluding hydrogens is 612 g/mol. The maximum absolute atomic E-state index is 13.4. The van der Waals surface area contributed by atoms with Gasteiger partial charge >= 0.3 is 11.9 Å². The van der Waals surface area contributed by atoms with E-state index in [0.29, 0.717) is 12.8 Å². The second-order valence-electron chi connectivity index (χ2n) is 13.9. The highest BCUT2D eigenvalue weighted by Crippen LogP contribution is 2.25. The fourth-order valence-corrected chi connectivity index (χ4v) is 5.98. The number of aliphatic carboxylic acids is 2. The second-order valence-corrected chi connectivity index (χ2v) is 13.9. The van der Waals surface area contributed by atoms with Gasteiger partial charge in [0.25, 0.3) is 5.91 Å². The molecule has 0 aromatic carbocycles. The predicted octanol–water partition coefficient (Wildman–Crippen LogP) is 8.34. The first kappa shape index (κ1) is 45.8. The van der Waals surface area contributed by atoms with Crippen molar-refractivity contribution in [3.05, 3.63) is 0 Å². The summed E-state index contributed by atoms with van der Waals surface area (Å²) in [6.45, 7) is 11.7. The highest BCUT2D eigenvalue weighted by Gasteiger charge is 2.39. The Kier molecular flexibility index (Phi) is 27.3. The molecule has 4 N–H and O–H groups in total. The van der Waals surface area contributed by atoms with Crippen LogP contribution in [-0.4, -0.2) is 70.5 Å². The number of hydrogen-bond acceptors (Lipinski definition) is 6. The van der Waals surface area contributed by atoms with Gasteiger partial charge < -0.3 is 30.3 Å². The van der Waals surface area contributed by atoms with Crippen molar-refractivity contribution in [1.29, 1.82) is 0 Å². The Morgan fingerprint density at radius 3 is 1.33 bits per heavy atom. The molecule has 0 spiro atoms. The summed E-state index contributed by atoms with van der Waals surface area (Å²) in [7, 11) is 0. The standard InChI is InChI=1S/C38H72N2O8/c1-7-38(8-2,37(46)40-31(4)26-22-18-14-10-12-16-20-24-28-36(44)45)48-33(6)32(5)47-29-34(41)39-30(3)25-21-17-13-9-11-15-19-23-27-35(42)43/h30-33H,7-29H2,1-6H3,(H,39,41)(H,40,46)(H,42,43)(H,44,45)/t30?,31?,32-,33-/m1/s1. The van der Waals surface area contributed by atoms with Crippen molar-refractivity contribution in [3.63, 3.8) is 0 Å². The lowest BCUT2D eigenvalue weighted by atomic mass is 9.94. The Morgan fingerprint density at radius 2 is 0.938 bits per heavy atom. The zero-order chi connectivity index (χ0) is 36.2. The summed E-state index contributed by atoms with van der Waals surface area (Å²) in [4.78, 5) is 47.1. The number of unbranched alkanes of at least 4 members (excludes halogenated alkanes) is 14. The minimum absolute atomic E-state index is 0.0473. The normalized spacial score (nSPS) is 14.2. The van der Waals surface area contributed by atoms with Crippen LogP contribution in [-0.2, 0) is 28.7 Å². The van der Waals surface area contributed by atoms with Gasteiger partial charge in [-0.1, -0.05) is 104 Å². The maximum Gasteiger partial charge on any atom is 0.303 e. The van der Waals surface area contributed by atoms with Gasteiger partial charge in [0.15, 0.2) is 0 Å². The molecule has 2 amide bonds. The van der Waals surface area contributed by atoms with E-state index in [1.165, 1.54) is 6.42 Å². The summed E-state index contributed by atoms with van der Waals surface area (Å²) >= 11 is 0. The molecule has 10 nitrogen and oxygen atoms in total. The molecule has 0 heterocycles. The Bertz CT molecular complexity index is 864. The largest absolute Gasteiger partial charge is 0.481 e. The fraction of sp³-hybridized carbons (Fsp3) is 0.895. The van der Waals surface area contributed by atoms with Gasteiger partial charge in [-0.15, -0.1) is 0 Å². The van der Waals surface area contributed by atoms with Gasteiger partial charge in [-0.25, -0.2) is 0 Å². The van der Waals surface area contributed by atoms with Gasteiger partial charge in [0.2, 0.25) is 5.91 Å². The third kappa shape index (κ3) is 24.0. The SMILES string of the molecule is CCC(CC)(O[C@H](C)[C@@H](C)OCC(=O)NC(C)CCCCCCCCCCC(=O)O)C(=O)NC(C)CCCCCCCCCCC(=O)O. The van der Waals surface area contributed by atoms with Crippen molar-refractivity contribution in [2.24, 2.45) is 0 Å². The van der Waals surface area contributed by atoms with E-state index in [4.69, 9.17) is 19.7 Å². The molecule has 0 saturated heterocycles. The van der Waals surface area contributed by atoms with E-state index in [1.54, 1.807) is 0 Å². The number of rotatable bonds is 33. The van der Waals surface area contributed by atoms with Gasteiger partial charge in [0, 0.05) is 24.9 Å². The van der Waals surface area contributed by atoms with Gasteiger partial charge in [0.1, 0.15) is 12.2 Å². The van der Waals surface area contributed by atoms with Crippen molar-refractivity contribution >= 4 is 23.8 Å². The molecule has 0 fully saturated rings. The lowest BCUT2D eigenvalue weighted by Crippen LogP contribution is -2.53. The summed E-state index contributed by atoms with van der Waals surface area (Å²) in [6, 6.07) is 0.118. The van der Waals surface area contributed by atoms with Crippen molar-refractivity contribution in [2.75, 3.05) is 6.61 Å². The van der Waals surface area contributed by atoms with Gasteiger partial charge in [-0.05, 0) is 66.2 Å². The average Bonchev–Trinajstić information content (AvgIpc) is 3.03. The van der Waals surface area contributed by atoms with Crippen LogP contribution in [0.25, 0.3) is 0 Å². The maximum atomic E-state index is 13.4. The molecule has 0 saturated carbocycles. The van der Waals surface area contributed by atoms with E-state index in [0.717, 1.165) is 109 Å². The van der Waals surface area contributed by atoms with E-state index < -0.39 is 17.5 Å². The summed E-state index contributed by atoms with van der Waals surface area (Å²) < 4.78 is 12.3. The third-order valence-corrected chi connectivity index (χ3v) is 9.45. The number of carbonyl (C=O) groups excluding carboxylic acids is 2. The molecule has 0 aliphatic rings. The summed E-state index contributed by atoms with van der Waals surface area (Å²) in [5.41, 5.74) is -0.955. The van der Waals surface area contributed by atoms with Crippen LogP contribution in [0.2, 0.25) is 0 Å². The Hall–Kier alpha value is -2.20. The van der Waals surface area contributed by atoms with Crippen LogP contribution < -0.4 is 10.6 Å². The Labute approximate surface area is 292 Å². The summed E-state index contributed by atoms with van der Waals surface area (Å²) in [5.74, 6) is -1.67. The van der Waals surface area contributed by atoms with E-state index in [2.05, 4.69) is 10.6 Å². The second kappa shape index (κ2) is 28.6. The highest BCUT2D eigenvalue weighted by molar-refractivity contribution is 5.85. The number of hydrogen-bond donors (Lipinski definition) is 4. The van der Waals surface area contributed by atoms with Gasteiger partial charge in [-0.2, -0.15) is 0 Å². The topological polar surface area (TPSA) is 151 Å². The molecule has 2 unspecified atom stereocenters. The van der Waals surface area contributed by atoms with Crippen LogP contribution >= 0.6 is 0 Å². The monoisotopic (exact) mass is 685 g/mol. The smallest absolute Gasteiger partial charge is 0.303 e. The molecule has 4 atom stereocenters. The van der Waals surface area contributed by atoms with E-state index in [-0.39, 0.29) is 55.6 Å². The quantitative estimate of drug-likeness (QED) is 0.0504. The van der Waals surface area contributed by atoms with Crippen molar-refractivity contribution < 1.29 is 38.9 Å². The molecule has 0 aromatic heterocycles. The molecule has 0 radical (unpaired) electrons. The van der Waals surface area contributed by atoms with E-state index in [9.17, 15) is 19.2 Å². The first-order valence-corrected chi connectivity index (χ1v) is 19.2. The number of carboxylic acids is 2. The van der Waals surface area contributed by atoms with E-state index in [1.807, 2.05) is 41.5 Å². The first-order valence-electron chi connectivity index (χ1n) is 19.2. The van der Waals surface area contributed by atoms with Crippen LogP contribution in [0.15, 0.2) is 0 Å². The van der Waals surface area contributed by atoms with Crippen molar-refractivity contribution in [3.8, 4) is 0 Å². The Balaban J connectivity index is 4.28. The zero-order valence-corrected chi connectivity index (χ0v) is 31.4. The number of carboxylic acid groups (broad SMARTS) is 2. The summed E-state index contributed by atoms with van der Waals surface area (Å²) in [6.07, 6.45) is 19.7. The van der Waals surface area contributed by atoms with Crippen LogP contribution in [0.1, 0.15) is 183 Å². The first-order chi connectivity index (χ1) is 22.9. The molecule has 0 bridgehead atoms. The van der Waals surface area contributed by atoms with Gasteiger partial charge in [0.05, 0.1) is 12.2 Å². The number of amides is 2. The molecular formula is C38H72N2O8. The summed E-state index contributed by atoms with van der Waals surface area (Å²) in [5, 5.41) is 23.6. The van der Waals surface area contributed by atoms with Crippen LogP contribution in [0, 0.1) is 0 Å². The molecule has 0 aliphatic heterocycles. The van der Waals surface area contributed by atoms with Crippen LogP contribution in [0.5, 0.6) is 0 Å². The molecule has 0 aromatic rings. The number of nitrogens with one attached hydrogen (secondary N) is 2. The Morgan fingerprint density at radius 1 is 0.562 bits per heavy atom. The highest BCUT2D eigenvalue weighted by atomic mass is 16.6. The van der Waals surface area contributed by atoms with Crippen molar-refractivity contribution in [2.45, 2.75) is 213 Å². The number of carbonyl (C=O) groups is 4. The fourth-order valence-electron chi connectivity index (χ4n) is 5.98. The van der Waals surface area contributed by atoms with Gasteiger partial charge in [-0.3, -0.25) is 19.2 Å². The lowest BCUT2D eigenvalue weighted by molar-refractivity contribution is -0.170. The molecule has 10 heteroatoms. The molecule has 282 valence electrons. The van der Waals surface area contributed by atoms with Crippen LogP contribution in [0.4, 0.5) is 0 Å². The molecule has 0 aliphatic carbocycles. The van der Waals surface area contributed by atoms with E-state index >= 15 is 0 Å². The lowest BCUT2D eigenvalue weighted by Gasteiger charge is -2.36. The predicted molar refractivity (Wildman–Crippen MR) is 192 cm³/mol. The number of ether oxygens (including phenoxy) is 2. The molecule has 0 rings (SSSR count). The van der Waals surface area contributed by atoms with Crippen LogP contribution in [0.3, 0.4) is 0 Å². The zero-order valence-electron chi connectivity index (χ0n) is 31.4. The average molecular weight is 685 g/mol. The molecule has 48 heavy (non-hydrogen) atoms. The third-order valence-electron chi connectivity index (χ3n) is 9.45. The van der Waals surface area contributed by atoms with Crippen molar-refractivity contribution in [1.82, 2.24) is 10.6 Å². The minimum Gasteiger partial charge on any atom is -0.481 e.